The van der Waals surface area contributed by atoms with Gasteiger partial charge >= 0.3 is 0 Å². The molecule has 2 heterocycles. The average Bonchev–Trinajstić information content (AvgIpc) is 3.14. The van der Waals surface area contributed by atoms with Gasteiger partial charge in [0.05, 0.1) is 16.6 Å². The van der Waals surface area contributed by atoms with Crippen LogP contribution >= 0.6 is 0 Å². The number of nitrogens with one attached hydrogen (secondary N) is 1. The van der Waals surface area contributed by atoms with E-state index in [1.165, 1.54) is 5.56 Å². The van der Waals surface area contributed by atoms with Gasteiger partial charge in [-0.1, -0.05) is 18.2 Å². The summed E-state index contributed by atoms with van der Waals surface area (Å²) in [5.74, 6) is 1.54. The molecular formula is C19H15N3O. The van der Waals surface area contributed by atoms with Crippen LogP contribution in [0.15, 0.2) is 42.5 Å². The van der Waals surface area contributed by atoms with Gasteiger partial charge in [-0.25, -0.2) is 4.98 Å². The minimum Gasteiger partial charge on any atom is -0.490 e. The molecular weight excluding hydrogens is 286 g/mol. The van der Waals surface area contributed by atoms with E-state index in [0.29, 0.717) is 11.4 Å². The van der Waals surface area contributed by atoms with Crippen LogP contribution in [0.2, 0.25) is 0 Å². The standard InChI is InChI=1S/C19H15N3O/c1-12-8-14-9-13(6-7-18(14)23-12)10-15(11-20)19-21-16-4-2-3-5-17(16)22-19/h2-7,9-10,12H,8H2,1H3,(H,21,22)/b15-10-. The fourth-order valence-corrected chi connectivity index (χ4v) is 2.93. The molecule has 1 N–H and O–H groups in total. The van der Waals surface area contributed by atoms with Crippen LogP contribution in [0.5, 0.6) is 5.75 Å². The lowest BCUT2D eigenvalue weighted by molar-refractivity contribution is 0.254. The van der Waals surface area contributed by atoms with Crippen LogP contribution in [-0.2, 0) is 6.42 Å². The number of rotatable bonds is 2. The second-order valence-corrected chi connectivity index (χ2v) is 5.77. The number of H-pyrrole nitrogens is 1. The van der Waals surface area contributed by atoms with Gasteiger partial charge in [-0.15, -0.1) is 0 Å². The zero-order valence-electron chi connectivity index (χ0n) is 12.7. The van der Waals surface area contributed by atoms with Crippen molar-refractivity contribution in [3.05, 3.63) is 59.4 Å². The van der Waals surface area contributed by atoms with Gasteiger partial charge in [0.15, 0.2) is 0 Å². The molecule has 4 heteroatoms. The lowest BCUT2D eigenvalue weighted by Gasteiger charge is -2.02. The Labute approximate surface area is 134 Å². The number of allylic oxidation sites excluding steroid dienone is 1. The molecule has 0 bridgehead atoms. The molecule has 112 valence electrons. The monoisotopic (exact) mass is 301 g/mol. The van der Waals surface area contributed by atoms with Gasteiger partial charge in [0, 0.05) is 6.42 Å². The molecule has 1 aliphatic rings. The first-order valence-corrected chi connectivity index (χ1v) is 7.59. The molecule has 1 aliphatic heterocycles. The van der Waals surface area contributed by atoms with Crippen molar-refractivity contribution in [2.24, 2.45) is 0 Å². The summed E-state index contributed by atoms with van der Waals surface area (Å²) in [6, 6.07) is 16.0. The van der Waals surface area contributed by atoms with Crippen LogP contribution in [0.25, 0.3) is 22.7 Å². The van der Waals surface area contributed by atoms with E-state index in [1.54, 1.807) is 0 Å². The van der Waals surface area contributed by atoms with Crippen LogP contribution in [-0.4, -0.2) is 16.1 Å². The van der Waals surface area contributed by atoms with Gasteiger partial charge in [-0.05, 0) is 48.4 Å². The molecule has 3 aromatic rings. The third kappa shape index (κ3) is 2.47. The van der Waals surface area contributed by atoms with Crippen molar-refractivity contribution >= 4 is 22.7 Å². The number of nitriles is 1. The highest BCUT2D eigenvalue weighted by molar-refractivity contribution is 5.90. The quantitative estimate of drug-likeness (QED) is 0.729. The average molecular weight is 301 g/mol. The Morgan fingerprint density at radius 2 is 2.22 bits per heavy atom. The summed E-state index contributed by atoms with van der Waals surface area (Å²) in [7, 11) is 0. The lowest BCUT2D eigenvalue weighted by atomic mass is 10.0. The third-order valence-corrected chi connectivity index (χ3v) is 4.00. The smallest absolute Gasteiger partial charge is 0.149 e. The van der Waals surface area contributed by atoms with Crippen molar-refractivity contribution < 1.29 is 4.74 Å². The van der Waals surface area contributed by atoms with Crippen LogP contribution in [0.3, 0.4) is 0 Å². The number of aromatic nitrogens is 2. The molecule has 1 atom stereocenters. The van der Waals surface area contributed by atoms with Gasteiger partial charge in [0.25, 0.3) is 0 Å². The molecule has 23 heavy (non-hydrogen) atoms. The van der Waals surface area contributed by atoms with E-state index in [0.717, 1.165) is 28.8 Å². The first kappa shape index (κ1) is 13.6. The van der Waals surface area contributed by atoms with E-state index >= 15 is 0 Å². The summed E-state index contributed by atoms with van der Waals surface area (Å²) in [6.45, 7) is 2.06. The van der Waals surface area contributed by atoms with Crippen LogP contribution in [0.4, 0.5) is 0 Å². The Morgan fingerprint density at radius 3 is 3.04 bits per heavy atom. The predicted octanol–water partition coefficient (Wildman–Crippen LogP) is 3.95. The largest absolute Gasteiger partial charge is 0.490 e. The highest BCUT2D eigenvalue weighted by Gasteiger charge is 2.18. The highest BCUT2D eigenvalue weighted by atomic mass is 16.5. The van der Waals surface area contributed by atoms with Gasteiger partial charge in [-0.3, -0.25) is 0 Å². The molecule has 2 aromatic carbocycles. The van der Waals surface area contributed by atoms with E-state index in [1.807, 2.05) is 42.5 Å². The number of fused-ring (bicyclic) bond motifs is 2. The summed E-state index contributed by atoms with van der Waals surface area (Å²) in [4.78, 5) is 7.69. The summed E-state index contributed by atoms with van der Waals surface area (Å²) in [6.07, 6.45) is 2.99. The van der Waals surface area contributed by atoms with Gasteiger partial charge in [0.1, 0.15) is 23.7 Å². The minimum absolute atomic E-state index is 0.218. The fourth-order valence-electron chi connectivity index (χ4n) is 2.93. The van der Waals surface area contributed by atoms with E-state index < -0.39 is 0 Å². The zero-order chi connectivity index (χ0) is 15.8. The molecule has 4 nitrogen and oxygen atoms in total. The number of aromatic amines is 1. The Bertz CT molecular complexity index is 929. The molecule has 0 spiro atoms. The number of ether oxygens (including phenoxy) is 1. The van der Waals surface area contributed by atoms with E-state index in [2.05, 4.69) is 29.0 Å². The first-order chi connectivity index (χ1) is 11.2. The van der Waals surface area contributed by atoms with E-state index in [9.17, 15) is 5.26 Å². The van der Waals surface area contributed by atoms with Crippen LogP contribution in [0, 0.1) is 11.3 Å². The van der Waals surface area contributed by atoms with Crippen molar-refractivity contribution in [3.8, 4) is 11.8 Å². The number of hydrogen-bond acceptors (Lipinski definition) is 3. The molecule has 0 amide bonds. The first-order valence-electron chi connectivity index (χ1n) is 7.59. The Kier molecular flexibility index (Phi) is 3.13. The molecule has 1 unspecified atom stereocenters. The molecule has 0 fully saturated rings. The fraction of sp³-hybridized carbons (Fsp3) is 0.158. The number of nitrogens with zero attached hydrogens (tertiary/aromatic N) is 2. The number of imidazole rings is 1. The molecule has 0 radical (unpaired) electrons. The number of benzene rings is 2. The Hall–Kier alpha value is -3.06. The normalized spacial score (nSPS) is 16.9. The van der Waals surface area contributed by atoms with E-state index in [4.69, 9.17) is 4.74 Å². The van der Waals surface area contributed by atoms with Gasteiger partial charge in [-0.2, -0.15) is 5.26 Å². The highest BCUT2D eigenvalue weighted by Crippen LogP contribution is 2.30. The Balaban J connectivity index is 1.74. The third-order valence-electron chi connectivity index (χ3n) is 4.00. The second-order valence-electron chi connectivity index (χ2n) is 5.77. The van der Waals surface area contributed by atoms with Crippen LogP contribution in [0.1, 0.15) is 23.9 Å². The van der Waals surface area contributed by atoms with Crippen molar-refractivity contribution in [2.45, 2.75) is 19.4 Å². The summed E-state index contributed by atoms with van der Waals surface area (Å²) < 4.78 is 5.71. The van der Waals surface area contributed by atoms with Crippen molar-refractivity contribution in [2.75, 3.05) is 0 Å². The maximum Gasteiger partial charge on any atom is 0.149 e. The molecule has 0 aliphatic carbocycles. The van der Waals surface area contributed by atoms with Crippen molar-refractivity contribution in [1.82, 2.24) is 9.97 Å². The predicted molar refractivity (Wildman–Crippen MR) is 89.8 cm³/mol. The summed E-state index contributed by atoms with van der Waals surface area (Å²) in [5, 5.41) is 9.50. The lowest BCUT2D eigenvalue weighted by Crippen LogP contribution is -2.05. The topological polar surface area (TPSA) is 61.7 Å². The van der Waals surface area contributed by atoms with E-state index in [-0.39, 0.29) is 6.10 Å². The molecule has 0 saturated carbocycles. The molecule has 0 saturated heterocycles. The van der Waals surface area contributed by atoms with Crippen molar-refractivity contribution in [3.63, 3.8) is 0 Å². The number of para-hydroxylation sites is 2. The SMILES string of the molecule is CC1Cc2cc(/C=C(/C#N)c3nc4ccccc4[nH]3)ccc2O1. The Morgan fingerprint density at radius 1 is 1.35 bits per heavy atom. The minimum atomic E-state index is 0.218. The van der Waals surface area contributed by atoms with Crippen molar-refractivity contribution in [1.29, 1.82) is 5.26 Å². The second kappa shape index (κ2) is 5.29. The maximum absolute atomic E-state index is 9.50. The molecule has 1 aromatic heterocycles. The maximum atomic E-state index is 9.50. The summed E-state index contributed by atoms with van der Waals surface area (Å²) >= 11 is 0. The molecule has 4 rings (SSSR count). The van der Waals surface area contributed by atoms with Crippen LogP contribution < -0.4 is 4.74 Å². The number of hydrogen-bond donors (Lipinski definition) is 1. The van der Waals surface area contributed by atoms with Gasteiger partial charge < -0.3 is 9.72 Å². The van der Waals surface area contributed by atoms with Gasteiger partial charge in [0.2, 0.25) is 0 Å². The summed E-state index contributed by atoms with van der Waals surface area (Å²) in [5.41, 5.74) is 4.49. The zero-order valence-corrected chi connectivity index (χ0v) is 12.7.